The van der Waals surface area contributed by atoms with Crippen LogP contribution in [0.3, 0.4) is 0 Å². The number of allylic oxidation sites excluding steroid dienone is 1. The summed E-state index contributed by atoms with van der Waals surface area (Å²) < 4.78 is 1.30. The topological polar surface area (TPSA) is 53.4 Å². The third-order valence-electron chi connectivity index (χ3n) is 6.13. The molecule has 0 saturated heterocycles. The van der Waals surface area contributed by atoms with Gasteiger partial charge in [-0.2, -0.15) is 0 Å². The first-order chi connectivity index (χ1) is 17.2. The summed E-state index contributed by atoms with van der Waals surface area (Å²) in [6, 6.07) is 29.8. The Morgan fingerprint density at radius 3 is 2.19 bits per heavy atom. The Balaban J connectivity index is 0.000000234. The summed E-state index contributed by atoms with van der Waals surface area (Å²) in [5.74, 6) is 0.168. The summed E-state index contributed by atoms with van der Waals surface area (Å²) in [4.78, 5) is 4.91. The minimum absolute atomic E-state index is 0. The molecule has 0 aliphatic carbocycles. The van der Waals surface area contributed by atoms with Crippen LogP contribution in [0.1, 0.15) is 45.7 Å². The average molecular weight is 687 g/mol. The van der Waals surface area contributed by atoms with E-state index in [4.69, 9.17) is 4.98 Å². The van der Waals surface area contributed by atoms with E-state index in [0.717, 1.165) is 22.3 Å². The average Bonchev–Trinajstić information content (AvgIpc) is 3.34. The molecule has 37 heavy (non-hydrogen) atoms. The summed E-state index contributed by atoms with van der Waals surface area (Å²) in [7, 11) is 0. The van der Waals surface area contributed by atoms with Crippen LogP contribution in [-0.4, -0.2) is 21.3 Å². The molecule has 0 bridgehead atoms. The molecule has 0 fully saturated rings. The molecular formula is C32H32IrNO2S-. The molecule has 3 aromatic carbocycles. The number of aromatic nitrogens is 1. The van der Waals surface area contributed by atoms with E-state index in [2.05, 4.69) is 74.7 Å². The van der Waals surface area contributed by atoms with Crippen LogP contribution in [0.2, 0.25) is 0 Å². The first-order valence-corrected chi connectivity index (χ1v) is 13.0. The maximum atomic E-state index is 9.42. The number of aliphatic hydroxyl groups excluding tert-OH is 2. The molecule has 0 saturated carbocycles. The van der Waals surface area contributed by atoms with Crippen molar-refractivity contribution in [3.8, 4) is 11.3 Å². The van der Waals surface area contributed by atoms with Crippen LogP contribution in [0, 0.1) is 6.07 Å². The van der Waals surface area contributed by atoms with Gasteiger partial charge in [-0.05, 0) is 47.4 Å². The maximum Gasteiger partial charge on any atom is 0.0955 e. The summed E-state index contributed by atoms with van der Waals surface area (Å²) >= 11 is 1.78. The summed E-state index contributed by atoms with van der Waals surface area (Å²) in [6.07, 6.45) is -0.646. The number of hydrogen-bond donors (Lipinski definition) is 2. The van der Waals surface area contributed by atoms with Gasteiger partial charge < -0.3 is 10.2 Å². The van der Waals surface area contributed by atoms with E-state index in [1.807, 2.05) is 36.4 Å². The van der Waals surface area contributed by atoms with E-state index in [1.165, 1.54) is 21.0 Å². The van der Waals surface area contributed by atoms with Crippen molar-refractivity contribution in [2.24, 2.45) is 0 Å². The van der Waals surface area contributed by atoms with Crippen molar-refractivity contribution in [2.45, 2.75) is 46.1 Å². The molecule has 5 aromatic rings. The molecule has 2 heterocycles. The quantitative estimate of drug-likeness (QED) is 0.148. The third kappa shape index (κ3) is 6.55. The number of para-hydroxylation sites is 1. The molecule has 0 aliphatic rings. The summed E-state index contributed by atoms with van der Waals surface area (Å²) in [5, 5.41) is 23.4. The Bertz CT molecular complexity index is 1490. The molecule has 0 amide bonds. The largest absolute Gasteiger partial charge is 0.512 e. The molecule has 0 spiro atoms. The fraction of sp³-hybridized carbons (Fsp3) is 0.219. The summed E-state index contributed by atoms with van der Waals surface area (Å²) in [5.41, 5.74) is 6.02. The van der Waals surface area contributed by atoms with Gasteiger partial charge in [0.25, 0.3) is 0 Å². The van der Waals surface area contributed by atoms with Crippen molar-refractivity contribution >= 4 is 37.9 Å². The van der Waals surface area contributed by atoms with Crippen molar-refractivity contribution in [3.63, 3.8) is 0 Å². The fourth-order valence-electron chi connectivity index (χ4n) is 4.26. The van der Waals surface area contributed by atoms with Crippen LogP contribution in [0.15, 0.2) is 90.0 Å². The van der Waals surface area contributed by atoms with Crippen molar-refractivity contribution in [3.05, 3.63) is 107 Å². The first-order valence-electron chi connectivity index (χ1n) is 12.1. The van der Waals surface area contributed by atoms with Crippen LogP contribution in [0.5, 0.6) is 0 Å². The molecule has 5 heteroatoms. The zero-order chi connectivity index (χ0) is 25.9. The molecular weight excluding hydrogens is 655 g/mol. The number of aliphatic hydroxyl groups is 2. The minimum Gasteiger partial charge on any atom is -0.512 e. The van der Waals surface area contributed by atoms with E-state index >= 15 is 0 Å². The Kier molecular flexibility index (Phi) is 9.44. The van der Waals surface area contributed by atoms with Crippen LogP contribution < -0.4 is 0 Å². The van der Waals surface area contributed by atoms with Crippen LogP contribution in [0.4, 0.5) is 0 Å². The molecule has 1 unspecified atom stereocenters. The first kappa shape index (κ1) is 28.7. The fourth-order valence-corrected chi connectivity index (χ4v) is 5.19. The van der Waals surface area contributed by atoms with Gasteiger partial charge in [-0.15, -0.1) is 46.7 Å². The molecule has 5 rings (SSSR count). The number of hydrogen-bond acceptors (Lipinski definition) is 4. The van der Waals surface area contributed by atoms with E-state index < -0.39 is 6.10 Å². The number of benzene rings is 3. The van der Waals surface area contributed by atoms with E-state index in [9.17, 15) is 10.2 Å². The second-order valence-electron chi connectivity index (χ2n) is 9.92. The van der Waals surface area contributed by atoms with Gasteiger partial charge in [0.1, 0.15) is 0 Å². The standard InChI is InChI=1S/C21H18NS.C11H14O2.Ir/c1-21(2,3)15-10-8-14(9-11-15)19-17-12-13-23-20(17)16-6-4-5-7-18(16)22-19;1-8(12)11(9(2)13)10-6-4-3-5-7-10;/h4-8,10-13H,1-3H3;3-8,12-13H,1-2H3;/q-1;;. The Morgan fingerprint density at radius 2 is 1.59 bits per heavy atom. The van der Waals surface area contributed by atoms with Gasteiger partial charge in [0.15, 0.2) is 0 Å². The van der Waals surface area contributed by atoms with Crippen molar-refractivity contribution < 1.29 is 30.3 Å². The zero-order valence-electron chi connectivity index (χ0n) is 21.7. The number of nitrogens with zero attached hydrogens (tertiary/aromatic N) is 1. The van der Waals surface area contributed by atoms with Crippen molar-refractivity contribution in [1.29, 1.82) is 0 Å². The summed E-state index contributed by atoms with van der Waals surface area (Å²) in [6.45, 7) is 9.89. The molecule has 193 valence electrons. The van der Waals surface area contributed by atoms with E-state index in [1.54, 1.807) is 25.2 Å². The number of fused-ring (bicyclic) bond motifs is 3. The predicted octanol–water partition coefficient (Wildman–Crippen LogP) is 8.57. The monoisotopic (exact) mass is 687 g/mol. The molecule has 2 N–H and O–H groups in total. The Hall–Kier alpha value is -2.82. The molecule has 0 aliphatic heterocycles. The number of rotatable bonds is 3. The van der Waals surface area contributed by atoms with Crippen LogP contribution in [-0.2, 0) is 25.5 Å². The van der Waals surface area contributed by atoms with E-state index in [0.29, 0.717) is 5.57 Å². The predicted molar refractivity (Wildman–Crippen MR) is 153 cm³/mol. The zero-order valence-corrected chi connectivity index (χ0v) is 25.0. The van der Waals surface area contributed by atoms with Gasteiger partial charge >= 0.3 is 0 Å². The maximum absolute atomic E-state index is 9.42. The second-order valence-corrected chi connectivity index (χ2v) is 10.8. The number of thiophene rings is 1. The van der Waals surface area contributed by atoms with Crippen LogP contribution in [0.25, 0.3) is 37.8 Å². The van der Waals surface area contributed by atoms with E-state index in [-0.39, 0.29) is 31.3 Å². The molecule has 1 atom stereocenters. The van der Waals surface area contributed by atoms with Gasteiger partial charge in [-0.1, -0.05) is 75.4 Å². The Morgan fingerprint density at radius 1 is 0.919 bits per heavy atom. The molecule has 3 nitrogen and oxygen atoms in total. The number of pyridine rings is 1. The van der Waals surface area contributed by atoms with Gasteiger partial charge in [0, 0.05) is 35.8 Å². The minimum atomic E-state index is -0.646. The van der Waals surface area contributed by atoms with Gasteiger partial charge in [-0.3, -0.25) is 4.98 Å². The van der Waals surface area contributed by atoms with Crippen LogP contribution >= 0.6 is 11.3 Å². The van der Waals surface area contributed by atoms with Gasteiger partial charge in [-0.25, -0.2) is 0 Å². The molecule has 1 radical (unpaired) electrons. The molecule has 2 aromatic heterocycles. The van der Waals surface area contributed by atoms with Crippen molar-refractivity contribution in [2.75, 3.05) is 0 Å². The van der Waals surface area contributed by atoms with Gasteiger partial charge in [0.2, 0.25) is 0 Å². The second kappa shape index (κ2) is 12.1. The SMILES string of the molecule is CC(C)(C)c1c[c-]c(-c2nc3ccccc3c3sccc23)cc1.CC(O)=C(c1ccccc1)C(C)O.[Ir]. The normalized spacial score (nSPS) is 12.8. The van der Waals surface area contributed by atoms with Gasteiger partial charge in [0.05, 0.1) is 17.4 Å². The smallest absolute Gasteiger partial charge is 0.0955 e. The third-order valence-corrected chi connectivity index (χ3v) is 7.08. The van der Waals surface area contributed by atoms with Crippen molar-refractivity contribution in [1.82, 2.24) is 4.98 Å². The Labute approximate surface area is 236 Å².